The zero-order valence-electron chi connectivity index (χ0n) is 22.4. The van der Waals surface area contributed by atoms with E-state index in [0.717, 1.165) is 42.1 Å². The summed E-state index contributed by atoms with van der Waals surface area (Å²) in [6.45, 7) is 18.8. The quantitative estimate of drug-likeness (QED) is 0.338. The highest BCUT2D eigenvalue weighted by Crippen LogP contribution is 2.31. The highest BCUT2D eigenvalue weighted by atomic mass is 16.5. The van der Waals surface area contributed by atoms with Crippen LogP contribution in [0.2, 0.25) is 0 Å². The van der Waals surface area contributed by atoms with Gasteiger partial charge in [0.25, 0.3) is 0 Å². The Bertz CT molecular complexity index is 1090. The summed E-state index contributed by atoms with van der Waals surface area (Å²) in [6, 6.07) is 15.9. The second-order valence-corrected chi connectivity index (χ2v) is 9.89. The van der Waals surface area contributed by atoms with E-state index in [0.29, 0.717) is 18.6 Å². The van der Waals surface area contributed by atoms with Crippen molar-refractivity contribution >= 4 is 0 Å². The van der Waals surface area contributed by atoms with Crippen molar-refractivity contribution < 1.29 is 4.74 Å². The Morgan fingerprint density at radius 1 is 0.882 bits per heavy atom. The van der Waals surface area contributed by atoms with Crippen molar-refractivity contribution in [3.8, 4) is 17.0 Å². The topological polar surface area (TPSA) is 34.1 Å². The third kappa shape index (κ3) is 6.07. The molecule has 0 saturated carbocycles. The summed E-state index contributed by atoms with van der Waals surface area (Å²) in [6.07, 6.45) is 2.00. The van der Waals surface area contributed by atoms with Crippen molar-refractivity contribution in [1.82, 2.24) is 10.3 Å². The Kier molecular flexibility index (Phi) is 8.90. The number of nitrogens with zero attached hydrogens (tertiary/aromatic N) is 1. The average Bonchev–Trinajstić information content (AvgIpc) is 2.81. The molecule has 34 heavy (non-hydrogen) atoms. The average molecular weight is 459 g/mol. The summed E-state index contributed by atoms with van der Waals surface area (Å²) < 4.78 is 6.41. The first kappa shape index (κ1) is 26.0. The van der Waals surface area contributed by atoms with Crippen LogP contribution < -0.4 is 10.1 Å². The predicted octanol–water partition coefficient (Wildman–Crippen LogP) is 7.69. The van der Waals surface area contributed by atoms with Gasteiger partial charge in [0.2, 0.25) is 0 Å². The van der Waals surface area contributed by atoms with Gasteiger partial charge in [0.05, 0.1) is 5.69 Å². The number of rotatable bonds is 10. The van der Waals surface area contributed by atoms with E-state index in [1.54, 1.807) is 0 Å². The van der Waals surface area contributed by atoms with Crippen LogP contribution in [0.1, 0.15) is 86.5 Å². The Balaban J connectivity index is 2.03. The van der Waals surface area contributed by atoms with E-state index in [9.17, 15) is 0 Å². The van der Waals surface area contributed by atoms with E-state index in [2.05, 4.69) is 103 Å². The Morgan fingerprint density at radius 2 is 1.56 bits per heavy atom. The van der Waals surface area contributed by atoms with Gasteiger partial charge in [-0.25, -0.2) is 0 Å². The molecular formula is C31H42N2O. The fourth-order valence-corrected chi connectivity index (χ4v) is 4.41. The molecule has 182 valence electrons. The van der Waals surface area contributed by atoms with Crippen LogP contribution in [-0.4, -0.2) is 11.0 Å². The van der Waals surface area contributed by atoms with Gasteiger partial charge >= 0.3 is 0 Å². The molecule has 3 rings (SSSR count). The molecule has 2 aromatic carbocycles. The van der Waals surface area contributed by atoms with Crippen LogP contribution in [0.4, 0.5) is 0 Å². The Labute approximate surface area is 207 Å². The molecule has 3 heteroatoms. The normalized spacial score (nSPS) is 11.5. The lowest BCUT2D eigenvalue weighted by Gasteiger charge is -2.20. The number of aryl methyl sites for hydroxylation is 4. The number of hydrogen-bond acceptors (Lipinski definition) is 3. The van der Waals surface area contributed by atoms with Gasteiger partial charge in [-0.15, -0.1) is 0 Å². The van der Waals surface area contributed by atoms with Crippen molar-refractivity contribution in [2.45, 2.75) is 93.3 Å². The Morgan fingerprint density at radius 3 is 2.15 bits per heavy atom. The molecule has 1 heterocycles. The summed E-state index contributed by atoms with van der Waals surface area (Å²) in [5.74, 6) is 1.44. The maximum atomic E-state index is 6.41. The molecule has 0 spiro atoms. The molecule has 0 saturated heterocycles. The van der Waals surface area contributed by atoms with Gasteiger partial charge in [-0.1, -0.05) is 71.9 Å². The summed E-state index contributed by atoms with van der Waals surface area (Å²) in [5.41, 5.74) is 11.1. The molecule has 1 aromatic heterocycles. The molecule has 0 aliphatic heterocycles. The molecule has 0 atom stereocenters. The van der Waals surface area contributed by atoms with Crippen LogP contribution in [0.3, 0.4) is 0 Å². The zero-order valence-corrected chi connectivity index (χ0v) is 22.4. The number of hydrogen-bond donors (Lipinski definition) is 1. The predicted molar refractivity (Wildman–Crippen MR) is 145 cm³/mol. The standard InChI is InChI=1S/C31H42N2O/c1-9-24-12-11-13-25(10-2)31(24)29-16-27(18-32-21(5)6)28(23(8)33-29)19-34-30-17-26(20(3)4)15-14-22(30)7/h11-17,20-21,32H,9-10,18-19H2,1-8H3. The number of nitrogens with one attached hydrogen (secondary N) is 1. The summed E-state index contributed by atoms with van der Waals surface area (Å²) in [7, 11) is 0. The summed E-state index contributed by atoms with van der Waals surface area (Å²) in [4.78, 5) is 5.12. The fourth-order valence-electron chi connectivity index (χ4n) is 4.41. The lowest BCUT2D eigenvalue weighted by atomic mass is 9.93. The molecular weight excluding hydrogens is 416 g/mol. The van der Waals surface area contributed by atoms with Gasteiger partial charge in [0, 0.05) is 29.4 Å². The molecule has 3 nitrogen and oxygen atoms in total. The SMILES string of the molecule is CCc1cccc(CC)c1-c1cc(CNC(C)C)c(COc2cc(C(C)C)ccc2C)c(C)n1. The van der Waals surface area contributed by atoms with Crippen LogP contribution in [0.15, 0.2) is 42.5 Å². The van der Waals surface area contributed by atoms with Crippen molar-refractivity contribution in [3.63, 3.8) is 0 Å². The van der Waals surface area contributed by atoms with E-state index in [4.69, 9.17) is 9.72 Å². The van der Waals surface area contributed by atoms with Crippen molar-refractivity contribution in [3.05, 3.63) is 81.5 Å². The minimum atomic E-state index is 0.407. The van der Waals surface area contributed by atoms with Gasteiger partial charge in [0.1, 0.15) is 12.4 Å². The second-order valence-electron chi connectivity index (χ2n) is 9.89. The highest BCUT2D eigenvalue weighted by Gasteiger charge is 2.17. The third-order valence-corrected chi connectivity index (χ3v) is 6.63. The van der Waals surface area contributed by atoms with Crippen LogP contribution >= 0.6 is 0 Å². The minimum Gasteiger partial charge on any atom is -0.489 e. The van der Waals surface area contributed by atoms with E-state index < -0.39 is 0 Å². The highest BCUT2D eigenvalue weighted by molar-refractivity contribution is 5.69. The van der Waals surface area contributed by atoms with Crippen LogP contribution in [0.25, 0.3) is 11.3 Å². The van der Waals surface area contributed by atoms with Gasteiger partial charge in [0.15, 0.2) is 0 Å². The summed E-state index contributed by atoms with van der Waals surface area (Å²) in [5, 5.41) is 3.62. The first-order chi connectivity index (χ1) is 16.2. The monoisotopic (exact) mass is 458 g/mol. The van der Waals surface area contributed by atoms with Gasteiger partial charge in [-0.2, -0.15) is 0 Å². The molecule has 3 aromatic rings. The van der Waals surface area contributed by atoms with E-state index in [1.165, 1.54) is 33.4 Å². The van der Waals surface area contributed by atoms with Crippen molar-refractivity contribution in [2.75, 3.05) is 0 Å². The fraction of sp³-hybridized carbons (Fsp3) is 0.452. The maximum absolute atomic E-state index is 6.41. The smallest absolute Gasteiger partial charge is 0.123 e. The van der Waals surface area contributed by atoms with Crippen LogP contribution in [-0.2, 0) is 26.0 Å². The Hall–Kier alpha value is -2.65. The molecule has 0 unspecified atom stereocenters. The van der Waals surface area contributed by atoms with E-state index in [-0.39, 0.29) is 0 Å². The van der Waals surface area contributed by atoms with Gasteiger partial charge < -0.3 is 10.1 Å². The van der Waals surface area contributed by atoms with Gasteiger partial charge in [-0.05, 0) is 72.6 Å². The van der Waals surface area contributed by atoms with E-state index in [1.807, 2.05) is 0 Å². The van der Waals surface area contributed by atoms with Gasteiger partial charge in [-0.3, -0.25) is 4.98 Å². The molecule has 0 amide bonds. The van der Waals surface area contributed by atoms with Crippen LogP contribution in [0, 0.1) is 13.8 Å². The molecule has 0 bridgehead atoms. The molecule has 0 aliphatic rings. The summed E-state index contributed by atoms with van der Waals surface area (Å²) >= 11 is 0. The number of pyridine rings is 1. The first-order valence-electron chi connectivity index (χ1n) is 12.8. The van der Waals surface area contributed by atoms with Crippen molar-refractivity contribution in [2.24, 2.45) is 0 Å². The number of benzene rings is 2. The molecule has 0 radical (unpaired) electrons. The second kappa shape index (κ2) is 11.7. The molecule has 0 aliphatic carbocycles. The third-order valence-electron chi connectivity index (χ3n) is 6.63. The lowest BCUT2D eigenvalue weighted by molar-refractivity contribution is 0.300. The molecule has 0 fully saturated rings. The van der Waals surface area contributed by atoms with Crippen molar-refractivity contribution in [1.29, 1.82) is 0 Å². The number of ether oxygens (including phenoxy) is 1. The number of aromatic nitrogens is 1. The maximum Gasteiger partial charge on any atom is 0.123 e. The zero-order chi connectivity index (χ0) is 24.8. The first-order valence-corrected chi connectivity index (χ1v) is 12.8. The minimum absolute atomic E-state index is 0.407. The van der Waals surface area contributed by atoms with Crippen LogP contribution in [0.5, 0.6) is 5.75 Å². The molecule has 1 N–H and O–H groups in total. The largest absolute Gasteiger partial charge is 0.489 e. The lowest BCUT2D eigenvalue weighted by Crippen LogP contribution is -2.23. The van der Waals surface area contributed by atoms with E-state index >= 15 is 0 Å².